The van der Waals surface area contributed by atoms with E-state index in [1.54, 1.807) is 6.20 Å². The third-order valence-corrected chi connectivity index (χ3v) is 3.14. The lowest BCUT2D eigenvalue weighted by Gasteiger charge is -2.12. The van der Waals surface area contributed by atoms with Crippen molar-refractivity contribution in [3.8, 4) is 0 Å². The average Bonchev–Trinajstić information content (AvgIpc) is 2.72. The molecule has 1 aromatic carbocycles. The number of hydrogen-bond donors (Lipinski definition) is 1. The van der Waals surface area contributed by atoms with E-state index in [0.29, 0.717) is 11.9 Å². The summed E-state index contributed by atoms with van der Waals surface area (Å²) in [4.78, 5) is 4.13. The summed E-state index contributed by atoms with van der Waals surface area (Å²) in [5.74, 6) is -0.306. The van der Waals surface area contributed by atoms with E-state index in [9.17, 15) is 8.78 Å². The molecular formula is C13H14BrF2N3. The number of hydrogen-bond acceptors (Lipinski definition) is 2. The fraction of sp³-hybridized carbons (Fsp3) is 0.308. The van der Waals surface area contributed by atoms with Crippen molar-refractivity contribution in [3.63, 3.8) is 0 Å². The summed E-state index contributed by atoms with van der Waals surface area (Å²) in [5, 5.41) is 2.87. The summed E-state index contributed by atoms with van der Waals surface area (Å²) >= 11 is 3.03. The summed E-state index contributed by atoms with van der Waals surface area (Å²) in [5.41, 5.74) is 0.185. The van der Waals surface area contributed by atoms with E-state index in [0.717, 1.165) is 12.6 Å². The topological polar surface area (TPSA) is 29.9 Å². The van der Waals surface area contributed by atoms with E-state index in [2.05, 4.69) is 40.1 Å². The summed E-state index contributed by atoms with van der Waals surface area (Å²) in [6.45, 7) is 4.93. The Kier molecular flexibility index (Phi) is 4.19. The molecule has 0 aliphatic heterocycles. The summed E-state index contributed by atoms with van der Waals surface area (Å²) in [6, 6.07) is 2.20. The van der Waals surface area contributed by atoms with Crippen molar-refractivity contribution in [2.45, 2.75) is 20.4 Å². The van der Waals surface area contributed by atoms with Gasteiger partial charge >= 0.3 is 0 Å². The van der Waals surface area contributed by atoms with Crippen LogP contribution in [0.15, 0.2) is 29.0 Å². The Morgan fingerprint density at radius 1 is 1.32 bits per heavy atom. The minimum Gasteiger partial charge on any atom is -0.323 e. The van der Waals surface area contributed by atoms with Crippen molar-refractivity contribution >= 4 is 27.6 Å². The SMILES string of the molecule is CC(C)Cn1ccnc1Nc1cc(Br)c(F)cc1F. The van der Waals surface area contributed by atoms with Gasteiger partial charge in [0.1, 0.15) is 11.6 Å². The maximum absolute atomic E-state index is 13.7. The fourth-order valence-electron chi connectivity index (χ4n) is 1.71. The van der Waals surface area contributed by atoms with Gasteiger partial charge in [0.25, 0.3) is 0 Å². The van der Waals surface area contributed by atoms with Gasteiger partial charge in [-0.25, -0.2) is 13.8 Å². The highest BCUT2D eigenvalue weighted by Gasteiger charge is 2.11. The number of nitrogens with zero attached hydrogens (tertiary/aromatic N) is 2. The molecule has 3 nitrogen and oxygen atoms in total. The molecule has 0 bridgehead atoms. The summed E-state index contributed by atoms with van der Waals surface area (Å²) < 4.78 is 28.9. The molecular weight excluding hydrogens is 316 g/mol. The number of imidazole rings is 1. The number of benzene rings is 1. The number of aromatic nitrogens is 2. The Morgan fingerprint density at radius 3 is 2.74 bits per heavy atom. The Bertz CT molecular complexity index is 581. The first-order valence-corrected chi connectivity index (χ1v) is 6.69. The molecule has 0 saturated carbocycles. The zero-order valence-corrected chi connectivity index (χ0v) is 12.2. The Balaban J connectivity index is 2.26. The van der Waals surface area contributed by atoms with E-state index in [1.807, 2.05) is 10.8 Å². The average molecular weight is 330 g/mol. The molecule has 2 rings (SSSR count). The number of anilines is 2. The maximum Gasteiger partial charge on any atom is 0.207 e. The van der Waals surface area contributed by atoms with E-state index in [-0.39, 0.29) is 10.2 Å². The molecule has 6 heteroatoms. The molecule has 19 heavy (non-hydrogen) atoms. The van der Waals surface area contributed by atoms with E-state index in [4.69, 9.17) is 0 Å². The van der Waals surface area contributed by atoms with Gasteiger partial charge in [0.05, 0.1) is 10.2 Å². The lowest BCUT2D eigenvalue weighted by molar-refractivity contribution is 0.527. The second-order valence-electron chi connectivity index (χ2n) is 4.67. The first-order chi connectivity index (χ1) is 8.97. The first kappa shape index (κ1) is 14.0. The molecule has 0 aliphatic carbocycles. The van der Waals surface area contributed by atoms with Gasteiger partial charge in [0, 0.05) is 25.0 Å². The van der Waals surface area contributed by atoms with Crippen LogP contribution in [0.4, 0.5) is 20.4 Å². The third kappa shape index (κ3) is 3.32. The largest absolute Gasteiger partial charge is 0.323 e. The van der Waals surface area contributed by atoms with Gasteiger partial charge < -0.3 is 9.88 Å². The van der Waals surface area contributed by atoms with Crippen LogP contribution in [0, 0.1) is 17.6 Å². The molecule has 0 amide bonds. The van der Waals surface area contributed by atoms with Crippen LogP contribution in [0.5, 0.6) is 0 Å². The highest BCUT2D eigenvalue weighted by molar-refractivity contribution is 9.10. The summed E-state index contributed by atoms with van der Waals surface area (Å²) in [7, 11) is 0. The highest BCUT2D eigenvalue weighted by atomic mass is 79.9. The second-order valence-corrected chi connectivity index (χ2v) is 5.52. The van der Waals surface area contributed by atoms with Crippen molar-refractivity contribution < 1.29 is 8.78 Å². The second kappa shape index (κ2) is 5.69. The molecule has 102 valence electrons. The van der Waals surface area contributed by atoms with Crippen molar-refractivity contribution in [1.29, 1.82) is 0 Å². The van der Waals surface area contributed by atoms with Gasteiger partial charge in [-0.1, -0.05) is 13.8 Å². The Labute approximate surface area is 118 Å². The van der Waals surface area contributed by atoms with Crippen LogP contribution in [-0.4, -0.2) is 9.55 Å². The van der Waals surface area contributed by atoms with Gasteiger partial charge in [0.2, 0.25) is 5.95 Å². The third-order valence-electron chi connectivity index (χ3n) is 2.53. The standard InChI is InChI=1S/C13H14BrF2N3/c1-8(2)7-19-4-3-17-13(19)18-12-5-9(14)10(15)6-11(12)16/h3-6,8H,7H2,1-2H3,(H,17,18). The van der Waals surface area contributed by atoms with E-state index < -0.39 is 11.6 Å². The van der Waals surface area contributed by atoms with Crippen molar-refractivity contribution in [3.05, 3.63) is 40.6 Å². The minimum atomic E-state index is -0.653. The lowest BCUT2D eigenvalue weighted by Crippen LogP contribution is -2.08. The minimum absolute atomic E-state index is 0.185. The van der Waals surface area contributed by atoms with Gasteiger partial charge in [-0.15, -0.1) is 0 Å². The van der Waals surface area contributed by atoms with Crippen molar-refractivity contribution in [2.75, 3.05) is 5.32 Å². The van der Waals surface area contributed by atoms with Gasteiger partial charge in [-0.3, -0.25) is 0 Å². The molecule has 0 atom stereocenters. The van der Waals surface area contributed by atoms with E-state index >= 15 is 0 Å². The highest BCUT2D eigenvalue weighted by Crippen LogP contribution is 2.26. The Morgan fingerprint density at radius 2 is 2.05 bits per heavy atom. The number of rotatable bonds is 4. The maximum atomic E-state index is 13.7. The van der Waals surface area contributed by atoms with Crippen LogP contribution in [0.25, 0.3) is 0 Å². The van der Waals surface area contributed by atoms with E-state index in [1.165, 1.54) is 6.07 Å². The quantitative estimate of drug-likeness (QED) is 0.846. The first-order valence-electron chi connectivity index (χ1n) is 5.90. The zero-order valence-electron chi connectivity index (χ0n) is 10.6. The van der Waals surface area contributed by atoms with Crippen LogP contribution < -0.4 is 5.32 Å². The van der Waals surface area contributed by atoms with Crippen LogP contribution in [0.1, 0.15) is 13.8 Å². The van der Waals surface area contributed by atoms with Crippen LogP contribution >= 0.6 is 15.9 Å². The monoisotopic (exact) mass is 329 g/mol. The molecule has 0 radical (unpaired) electrons. The van der Waals surface area contributed by atoms with Crippen LogP contribution in [0.2, 0.25) is 0 Å². The normalized spacial score (nSPS) is 11.1. The molecule has 0 spiro atoms. The van der Waals surface area contributed by atoms with Gasteiger partial charge in [-0.05, 0) is 27.9 Å². The smallest absolute Gasteiger partial charge is 0.207 e. The zero-order chi connectivity index (χ0) is 14.0. The van der Waals surface area contributed by atoms with Crippen molar-refractivity contribution in [2.24, 2.45) is 5.92 Å². The summed E-state index contributed by atoms with van der Waals surface area (Å²) in [6.07, 6.45) is 3.46. The molecule has 0 unspecified atom stereocenters. The molecule has 1 aromatic heterocycles. The Hall–Kier alpha value is -1.43. The molecule has 0 aliphatic rings. The van der Waals surface area contributed by atoms with Crippen LogP contribution in [0.3, 0.4) is 0 Å². The number of nitrogens with one attached hydrogen (secondary N) is 1. The molecule has 1 heterocycles. The molecule has 1 N–H and O–H groups in total. The predicted octanol–water partition coefficient (Wildman–Crippen LogP) is 4.32. The van der Waals surface area contributed by atoms with Crippen molar-refractivity contribution in [1.82, 2.24) is 9.55 Å². The number of halogens is 3. The van der Waals surface area contributed by atoms with Gasteiger partial charge in [-0.2, -0.15) is 0 Å². The molecule has 0 saturated heterocycles. The fourth-order valence-corrected chi connectivity index (χ4v) is 2.06. The lowest BCUT2D eigenvalue weighted by atomic mass is 10.2. The van der Waals surface area contributed by atoms with Gasteiger partial charge in [0.15, 0.2) is 0 Å². The van der Waals surface area contributed by atoms with Crippen LogP contribution in [-0.2, 0) is 6.54 Å². The molecule has 0 fully saturated rings. The predicted molar refractivity (Wildman–Crippen MR) is 74.4 cm³/mol. The molecule has 2 aromatic rings.